The second-order valence-electron chi connectivity index (χ2n) is 5.15. The summed E-state index contributed by atoms with van der Waals surface area (Å²) in [4.78, 5) is 13.6. The average Bonchev–Trinajstić information content (AvgIpc) is 3.29. The van der Waals surface area contributed by atoms with Gasteiger partial charge in [-0.25, -0.2) is 0 Å². The van der Waals surface area contributed by atoms with Crippen molar-refractivity contribution in [2.24, 2.45) is 0 Å². The van der Waals surface area contributed by atoms with E-state index < -0.39 is 0 Å². The molecule has 0 unspecified atom stereocenters. The van der Waals surface area contributed by atoms with Gasteiger partial charge in [0.2, 0.25) is 0 Å². The van der Waals surface area contributed by atoms with E-state index in [1.54, 1.807) is 4.90 Å². The Morgan fingerprint density at radius 3 is 2.45 bits per heavy atom. The van der Waals surface area contributed by atoms with Gasteiger partial charge in [0.05, 0.1) is 0 Å². The lowest BCUT2D eigenvalue weighted by atomic mass is 10.2. The van der Waals surface area contributed by atoms with E-state index in [0.29, 0.717) is 0 Å². The molecule has 110 valence electrons. The highest BCUT2D eigenvalue weighted by Gasteiger charge is 2.19. The summed E-state index contributed by atoms with van der Waals surface area (Å²) in [5.74, 6) is 0.787. The van der Waals surface area contributed by atoms with Crippen molar-refractivity contribution in [3.05, 3.63) is 29.8 Å². The number of carbonyl (C=O) groups excluding carboxylic acids is 1. The maximum absolute atomic E-state index is 11.8. The number of amides is 1. The predicted octanol–water partition coefficient (Wildman–Crippen LogP) is 2.19. The van der Waals surface area contributed by atoms with Crippen molar-refractivity contribution in [1.82, 2.24) is 10.2 Å². The van der Waals surface area contributed by atoms with Gasteiger partial charge in [-0.05, 0) is 44.4 Å². The SMILES string of the molecule is CCN(CC)C(=O)COc1ccc(CNC2CC2)cc1. The van der Waals surface area contributed by atoms with Gasteiger partial charge < -0.3 is 15.0 Å². The molecule has 1 aromatic carbocycles. The number of ether oxygens (including phenoxy) is 1. The van der Waals surface area contributed by atoms with Gasteiger partial charge >= 0.3 is 0 Å². The zero-order valence-corrected chi connectivity index (χ0v) is 12.4. The van der Waals surface area contributed by atoms with Crippen molar-refractivity contribution >= 4 is 5.91 Å². The summed E-state index contributed by atoms with van der Waals surface area (Å²) in [6.45, 7) is 6.42. The minimum atomic E-state index is 0.0366. The standard InChI is InChI=1S/C16H24N2O2/c1-3-18(4-2)16(19)12-20-15-9-5-13(6-10-15)11-17-14-7-8-14/h5-6,9-10,14,17H,3-4,7-8,11-12H2,1-2H3. The normalized spacial score (nSPS) is 14.1. The minimum absolute atomic E-state index is 0.0366. The van der Waals surface area contributed by atoms with Crippen LogP contribution in [0.3, 0.4) is 0 Å². The molecule has 1 saturated carbocycles. The zero-order chi connectivity index (χ0) is 14.4. The van der Waals surface area contributed by atoms with Gasteiger partial charge in [-0.1, -0.05) is 12.1 Å². The molecule has 2 rings (SSSR count). The third kappa shape index (κ3) is 4.53. The number of benzene rings is 1. The van der Waals surface area contributed by atoms with E-state index in [-0.39, 0.29) is 12.5 Å². The number of hydrogen-bond acceptors (Lipinski definition) is 3. The van der Waals surface area contributed by atoms with E-state index in [1.807, 2.05) is 38.1 Å². The van der Waals surface area contributed by atoms with Crippen LogP contribution < -0.4 is 10.1 Å². The summed E-state index contributed by atoms with van der Waals surface area (Å²) in [6.07, 6.45) is 2.60. The Hall–Kier alpha value is -1.55. The molecule has 0 atom stereocenters. The summed E-state index contributed by atoms with van der Waals surface area (Å²) in [6, 6.07) is 8.68. The van der Waals surface area contributed by atoms with Crippen molar-refractivity contribution in [3.8, 4) is 5.75 Å². The Morgan fingerprint density at radius 1 is 1.25 bits per heavy atom. The highest BCUT2D eigenvalue weighted by atomic mass is 16.5. The van der Waals surface area contributed by atoms with Crippen molar-refractivity contribution in [3.63, 3.8) is 0 Å². The molecular weight excluding hydrogens is 252 g/mol. The summed E-state index contributed by atoms with van der Waals surface area (Å²) < 4.78 is 5.53. The third-order valence-corrected chi connectivity index (χ3v) is 3.57. The fraction of sp³-hybridized carbons (Fsp3) is 0.562. The summed E-state index contributed by atoms with van der Waals surface area (Å²) in [7, 11) is 0. The first kappa shape index (κ1) is 14.9. The number of nitrogens with one attached hydrogen (secondary N) is 1. The molecule has 0 heterocycles. The number of likely N-dealkylation sites (N-methyl/N-ethyl adjacent to an activating group) is 1. The Labute approximate surface area is 121 Å². The van der Waals surface area contributed by atoms with E-state index in [1.165, 1.54) is 18.4 Å². The van der Waals surface area contributed by atoms with Crippen LogP contribution in [0, 0.1) is 0 Å². The molecule has 1 aromatic rings. The van der Waals surface area contributed by atoms with Crippen LogP contribution in [0.5, 0.6) is 5.75 Å². The topological polar surface area (TPSA) is 41.6 Å². The van der Waals surface area contributed by atoms with Gasteiger partial charge in [0.25, 0.3) is 5.91 Å². The van der Waals surface area contributed by atoms with Gasteiger partial charge in [0, 0.05) is 25.7 Å². The monoisotopic (exact) mass is 276 g/mol. The highest BCUT2D eigenvalue weighted by molar-refractivity contribution is 5.77. The molecule has 1 N–H and O–H groups in total. The Kier molecular flexibility index (Phi) is 5.41. The van der Waals surface area contributed by atoms with Crippen LogP contribution in [0.2, 0.25) is 0 Å². The molecule has 1 amide bonds. The quantitative estimate of drug-likeness (QED) is 0.791. The number of rotatable bonds is 8. The lowest BCUT2D eigenvalue weighted by Crippen LogP contribution is -2.34. The Bertz CT molecular complexity index is 423. The molecule has 0 aromatic heterocycles. The molecule has 0 saturated heterocycles. The molecule has 0 radical (unpaired) electrons. The van der Waals surface area contributed by atoms with Gasteiger partial charge in [0.15, 0.2) is 6.61 Å². The third-order valence-electron chi connectivity index (χ3n) is 3.57. The van der Waals surface area contributed by atoms with E-state index in [9.17, 15) is 4.79 Å². The predicted molar refractivity (Wildman–Crippen MR) is 79.7 cm³/mol. The first-order valence-electron chi connectivity index (χ1n) is 7.45. The molecule has 4 heteroatoms. The van der Waals surface area contributed by atoms with Gasteiger partial charge in [-0.2, -0.15) is 0 Å². The van der Waals surface area contributed by atoms with E-state index >= 15 is 0 Å². The maximum atomic E-state index is 11.8. The fourth-order valence-corrected chi connectivity index (χ4v) is 2.07. The highest BCUT2D eigenvalue weighted by Crippen LogP contribution is 2.19. The second-order valence-corrected chi connectivity index (χ2v) is 5.15. The van der Waals surface area contributed by atoms with Crippen LogP contribution in [-0.4, -0.2) is 36.5 Å². The number of nitrogens with zero attached hydrogens (tertiary/aromatic N) is 1. The first-order chi connectivity index (χ1) is 9.72. The molecule has 0 spiro atoms. The second kappa shape index (κ2) is 7.29. The lowest BCUT2D eigenvalue weighted by molar-refractivity contribution is -0.132. The molecule has 20 heavy (non-hydrogen) atoms. The Balaban J connectivity index is 1.76. The fourth-order valence-electron chi connectivity index (χ4n) is 2.07. The zero-order valence-electron chi connectivity index (χ0n) is 12.4. The van der Waals surface area contributed by atoms with E-state index in [0.717, 1.165) is 31.4 Å². The molecule has 1 fully saturated rings. The maximum Gasteiger partial charge on any atom is 0.260 e. The smallest absolute Gasteiger partial charge is 0.260 e. The van der Waals surface area contributed by atoms with Crippen molar-refractivity contribution in [1.29, 1.82) is 0 Å². The molecular formula is C16H24N2O2. The van der Waals surface area contributed by atoms with E-state index in [2.05, 4.69) is 5.32 Å². The van der Waals surface area contributed by atoms with Gasteiger partial charge in [0.1, 0.15) is 5.75 Å². The molecule has 0 aliphatic heterocycles. The lowest BCUT2D eigenvalue weighted by Gasteiger charge is -2.18. The van der Waals surface area contributed by atoms with Crippen LogP contribution in [0.1, 0.15) is 32.3 Å². The van der Waals surface area contributed by atoms with Crippen LogP contribution in [0.15, 0.2) is 24.3 Å². The molecule has 1 aliphatic rings. The summed E-state index contributed by atoms with van der Waals surface area (Å²) >= 11 is 0. The Morgan fingerprint density at radius 2 is 1.90 bits per heavy atom. The van der Waals surface area contributed by atoms with Gasteiger partial charge in [-0.15, -0.1) is 0 Å². The van der Waals surface area contributed by atoms with Crippen molar-refractivity contribution in [2.75, 3.05) is 19.7 Å². The van der Waals surface area contributed by atoms with Crippen LogP contribution in [-0.2, 0) is 11.3 Å². The average molecular weight is 276 g/mol. The first-order valence-corrected chi connectivity index (χ1v) is 7.45. The largest absolute Gasteiger partial charge is 0.484 e. The minimum Gasteiger partial charge on any atom is -0.484 e. The van der Waals surface area contributed by atoms with Gasteiger partial charge in [-0.3, -0.25) is 4.79 Å². The van der Waals surface area contributed by atoms with Crippen LogP contribution in [0.4, 0.5) is 0 Å². The summed E-state index contributed by atoms with van der Waals surface area (Å²) in [5, 5.41) is 3.47. The number of hydrogen-bond donors (Lipinski definition) is 1. The molecule has 0 bridgehead atoms. The van der Waals surface area contributed by atoms with E-state index in [4.69, 9.17) is 4.74 Å². The van der Waals surface area contributed by atoms with Crippen LogP contribution >= 0.6 is 0 Å². The van der Waals surface area contributed by atoms with Crippen LogP contribution in [0.25, 0.3) is 0 Å². The molecule has 4 nitrogen and oxygen atoms in total. The molecule has 1 aliphatic carbocycles. The number of carbonyl (C=O) groups is 1. The van der Waals surface area contributed by atoms with Crippen molar-refractivity contribution in [2.45, 2.75) is 39.3 Å². The van der Waals surface area contributed by atoms with Crippen molar-refractivity contribution < 1.29 is 9.53 Å². The summed E-state index contributed by atoms with van der Waals surface area (Å²) in [5.41, 5.74) is 1.25.